The lowest BCUT2D eigenvalue weighted by atomic mass is 9.86. The van der Waals surface area contributed by atoms with Crippen molar-refractivity contribution in [2.45, 2.75) is 78.5 Å². The first kappa shape index (κ1) is 43.7. The van der Waals surface area contributed by atoms with Crippen molar-refractivity contribution >= 4 is 11.6 Å². The minimum atomic E-state index is -8.82. The Bertz CT molecular complexity index is 1330. The normalized spacial score (nSPS) is 15.8. The van der Waals surface area contributed by atoms with Crippen molar-refractivity contribution in [2.75, 3.05) is 5.32 Å². The van der Waals surface area contributed by atoms with E-state index < -0.39 is 112 Å². The number of phenols is 1. The number of benzene rings is 1. The van der Waals surface area contributed by atoms with Gasteiger partial charge in [-0.3, -0.25) is 4.79 Å². The first-order valence-electron chi connectivity index (χ1n) is 11.0. The highest BCUT2D eigenvalue weighted by Crippen LogP contribution is 2.66. The summed E-state index contributed by atoms with van der Waals surface area (Å²) in [5.74, 6) is -91.1. The Morgan fingerprint density at radius 3 is 0.878 bits per heavy atom. The van der Waals surface area contributed by atoms with Crippen LogP contribution >= 0.6 is 0 Å². The van der Waals surface area contributed by atoms with E-state index in [1.54, 1.807) is 0 Å². The molecule has 1 amide bonds. The van der Waals surface area contributed by atoms with Crippen LogP contribution in [-0.4, -0.2) is 70.7 Å². The standard InChI is InChI=1S/C20H7F26NO2/c1-4(48)47-5-2-6(9(21,22)11(25,26)13(29,30)15(33,34)17(37,38)19(41,42)43)8(49)7(3-5)10(23,24)12(27,28)14(31,32)16(35,36)18(39,40)20(44,45)46/h2-3,49H,1H3,(H,47,48). The molecule has 286 valence electrons. The van der Waals surface area contributed by atoms with E-state index in [0.717, 1.165) is 5.32 Å². The third kappa shape index (κ3) is 5.78. The van der Waals surface area contributed by atoms with Gasteiger partial charge in [-0.05, 0) is 12.1 Å². The van der Waals surface area contributed by atoms with Gasteiger partial charge < -0.3 is 10.4 Å². The summed E-state index contributed by atoms with van der Waals surface area (Å²) in [6.07, 6.45) is -16.0. The van der Waals surface area contributed by atoms with Gasteiger partial charge in [0.05, 0.1) is 11.1 Å². The number of nitrogens with one attached hydrogen (secondary N) is 1. The van der Waals surface area contributed by atoms with Gasteiger partial charge in [0, 0.05) is 12.6 Å². The van der Waals surface area contributed by atoms with Crippen molar-refractivity contribution < 1.29 is 124 Å². The molecule has 0 fully saturated rings. The van der Waals surface area contributed by atoms with Gasteiger partial charge in [0.25, 0.3) is 0 Å². The number of aromatic hydroxyl groups is 1. The van der Waals surface area contributed by atoms with Crippen LogP contribution in [0, 0.1) is 0 Å². The van der Waals surface area contributed by atoms with Crippen molar-refractivity contribution in [1.29, 1.82) is 0 Å². The Morgan fingerprint density at radius 1 is 0.449 bits per heavy atom. The lowest BCUT2D eigenvalue weighted by Gasteiger charge is -2.41. The first-order chi connectivity index (χ1) is 20.9. The zero-order valence-corrected chi connectivity index (χ0v) is 21.8. The number of phenolic OH excluding ortho intramolecular Hbond substituents is 1. The maximum atomic E-state index is 14.7. The molecule has 49 heavy (non-hydrogen) atoms. The second-order valence-corrected chi connectivity index (χ2v) is 9.34. The lowest BCUT2D eigenvalue weighted by molar-refractivity contribution is -0.442. The molecule has 2 N–H and O–H groups in total. The van der Waals surface area contributed by atoms with Gasteiger partial charge in [-0.1, -0.05) is 0 Å². The summed E-state index contributed by atoms with van der Waals surface area (Å²) >= 11 is 0. The highest BCUT2D eigenvalue weighted by Gasteiger charge is 2.92. The highest BCUT2D eigenvalue weighted by molar-refractivity contribution is 5.89. The smallest absolute Gasteiger partial charge is 0.460 e. The van der Waals surface area contributed by atoms with Crippen molar-refractivity contribution in [3.8, 4) is 5.75 Å². The van der Waals surface area contributed by atoms with Gasteiger partial charge in [0.15, 0.2) is 0 Å². The van der Waals surface area contributed by atoms with Crippen LogP contribution in [0.4, 0.5) is 120 Å². The Hall–Kier alpha value is -3.33. The van der Waals surface area contributed by atoms with E-state index in [2.05, 4.69) is 0 Å². The molecule has 0 aliphatic rings. The number of alkyl halides is 26. The van der Waals surface area contributed by atoms with Gasteiger partial charge >= 0.3 is 71.6 Å². The van der Waals surface area contributed by atoms with Gasteiger partial charge in [-0.15, -0.1) is 0 Å². The summed E-state index contributed by atoms with van der Waals surface area (Å²) in [5.41, 5.74) is -10.6. The van der Waals surface area contributed by atoms with E-state index in [0.29, 0.717) is 0 Å². The molecule has 29 heteroatoms. The van der Waals surface area contributed by atoms with Crippen LogP contribution in [0.2, 0.25) is 0 Å². The SMILES string of the molecule is CC(=O)Nc1cc(C(F)(F)C(F)(F)C(F)(F)C(F)(F)C(F)(F)C(F)(F)F)c(O)c(C(F)(F)C(F)(F)C(F)(F)C(F)(F)C(F)(F)C(F)(F)F)c1. The first-order valence-corrected chi connectivity index (χ1v) is 11.0. The molecule has 0 atom stereocenters. The monoisotopic (exact) mass is 787 g/mol. The van der Waals surface area contributed by atoms with E-state index in [1.807, 2.05) is 0 Å². The summed E-state index contributed by atoms with van der Waals surface area (Å²) in [7, 11) is 0. The third-order valence-corrected chi connectivity index (χ3v) is 5.97. The molecule has 0 saturated heterocycles. The van der Waals surface area contributed by atoms with Crippen molar-refractivity contribution in [3.05, 3.63) is 23.3 Å². The molecule has 0 heterocycles. The summed E-state index contributed by atoms with van der Waals surface area (Å²) in [6, 6.07) is -2.72. The van der Waals surface area contributed by atoms with Crippen LogP contribution < -0.4 is 5.32 Å². The zero-order chi connectivity index (χ0) is 40.0. The van der Waals surface area contributed by atoms with E-state index in [9.17, 15) is 124 Å². The van der Waals surface area contributed by atoms with Gasteiger partial charge in [-0.2, -0.15) is 114 Å². The maximum absolute atomic E-state index is 14.7. The Kier molecular flexibility index (Phi) is 10.1. The van der Waals surface area contributed by atoms with Crippen LogP contribution in [0.25, 0.3) is 0 Å². The minimum absolute atomic E-state index is 0.0769. The average Bonchev–Trinajstić information content (AvgIpc) is 2.86. The molecule has 0 saturated carbocycles. The predicted molar refractivity (Wildman–Crippen MR) is 102 cm³/mol. The quantitative estimate of drug-likeness (QED) is 0.174. The fraction of sp³-hybridized carbons (Fsp3) is 0.650. The number of carbonyl (C=O) groups excluding carboxylic acids is 1. The van der Waals surface area contributed by atoms with Crippen LogP contribution in [0.15, 0.2) is 12.1 Å². The van der Waals surface area contributed by atoms with Crippen molar-refractivity contribution in [2.24, 2.45) is 0 Å². The molecule has 0 unspecified atom stereocenters. The predicted octanol–water partition coefficient (Wildman–Crippen LogP) is 9.74. The molecule has 1 aromatic carbocycles. The number of rotatable bonds is 11. The number of carbonyl (C=O) groups is 1. The summed E-state index contributed by atoms with van der Waals surface area (Å²) < 4.78 is 352. The third-order valence-electron chi connectivity index (χ3n) is 5.97. The van der Waals surface area contributed by atoms with Crippen LogP contribution in [0.1, 0.15) is 18.1 Å². The molecule has 0 aliphatic heterocycles. The topological polar surface area (TPSA) is 49.3 Å². The second-order valence-electron chi connectivity index (χ2n) is 9.34. The van der Waals surface area contributed by atoms with E-state index in [1.165, 1.54) is 0 Å². The van der Waals surface area contributed by atoms with Gasteiger partial charge in [0.1, 0.15) is 5.75 Å². The molecule has 0 bridgehead atoms. The summed E-state index contributed by atoms with van der Waals surface area (Å²) in [6.45, 7) is 0.0769. The van der Waals surface area contributed by atoms with Crippen LogP contribution in [-0.2, 0) is 16.6 Å². The molecular formula is C20H7F26NO2. The lowest BCUT2D eigenvalue weighted by Crippen LogP contribution is -2.69. The molecular weight excluding hydrogens is 780 g/mol. The Labute approximate surface area is 249 Å². The number of anilines is 1. The summed E-state index contributed by atoms with van der Waals surface area (Å²) in [5, 5.41) is 10.4. The molecule has 1 aromatic rings. The number of halogens is 26. The Morgan fingerprint density at radius 2 is 0.673 bits per heavy atom. The fourth-order valence-corrected chi connectivity index (χ4v) is 3.27. The maximum Gasteiger partial charge on any atom is 0.460 e. The van der Waals surface area contributed by atoms with E-state index in [-0.39, 0.29) is 6.92 Å². The highest BCUT2D eigenvalue weighted by atomic mass is 19.4. The molecule has 1 rings (SSSR count). The second kappa shape index (κ2) is 11.3. The van der Waals surface area contributed by atoms with E-state index in [4.69, 9.17) is 0 Å². The van der Waals surface area contributed by atoms with E-state index >= 15 is 0 Å². The van der Waals surface area contributed by atoms with Gasteiger partial charge in [-0.25, -0.2) is 0 Å². The van der Waals surface area contributed by atoms with Crippen LogP contribution in [0.3, 0.4) is 0 Å². The average molecular weight is 787 g/mol. The largest absolute Gasteiger partial charge is 0.507 e. The number of amides is 1. The van der Waals surface area contributed by atoms with Crippen LogP contribution in [0.5, 0.6) is 5.75 Å². The molecule has 0 spiro atoms. The molecule has 0 aromatic heterocycles. The zero-order valence-electron chi connectivity index (χ0n) is 21.8. The molecule has 0 aliphatic carbocycles. The minimum Gasteiger partial charge on any atom is -0.507 e. The van der Waals surface area contributed by atoms with Crippen molar-refractivity contribution in [3.63, 3.8) is 0 Å². The number of hydrogen-bond acceptors (Lipinski definition) is 2. The van der Waals surface area contributed by atoms with Crippen molar-refractivity contribution in [1.82, 2.24) is 0 Å². The molecule has 3 nitrogen and oxygen atoms in total. The number of hydrogen-bond donors (Lipinski definition) is 2. The summed E-state index contributed by atoms with van der Waals surface area (Å²) in [4.78, 5) is 11.1. The molecule has 0 radical (unpaired) electrons. The van der Waals surface area contributed by atoms with Gasteiger partial charge in [0.2, 0.25) is 5.91 Å². The fourth-order valence-electron chi connectivity index (χ4n) is 3.27. The Balaban J connectivity index is 4.30.